The Hall–Kier alpha value is -3.80. The van der Waals surface area contributed by atoms with Crippen molar-refractivity contribution in [3.8, 4) is 11.5 Å². The van der Waals surface area contributed by atoms with Crippen LogP contribution in [0.5, 0.6) is 11.5 Å². The first-order valence-corrected chi connectivity index (χ1v) is 11.1. The fourth-order valence-corrected chi connectivity index (χ4v) is 3.40. The van der Waals surface area contributed by atoms with Gasteiger partial charge in [-0.3, -0.25) is 4.79 Å². The predicted molar refractivity (Wildman–Crippen MR) is 127 cm³/mol. The Morgan fingerprint density at radius 3 is 2.24 bits per heavy atom. The minimum Gasteiger partial charge on any atom is -0.492 e. The van der Waals surface area contributed by atoms with Gasteiger partial charge in [0.2, 0.25) is 0 Å². The van der Waals surface area contributed by atoms with Gasteiger partial charge in [-0.15, -0.1) is 0 Å². The van der Waals surface area contributed by atoms with E-state index in [-0.39, 0.29) is 18.1 Å². The molecule has 1 amide bonds. The lowest BCUT2D eigenvalue weighted by Gasteiger charge is -2.22. The lowest BCUT2D eigenvalue weighted by Crippen LogP contribution is -2.35. The van der Waals surface area contributed by atoms with Crippen LogP contribution >= 0.6 is 0 Å². The summed E-state index contributed by atoms with van der Waals surface area (Å²) in [6, 6.07) is 24.0. The third-order valence-electron chi connectivity index (χ3n) is 5.11. The number of hydrogen-bond acceptors (Lipinski definition) is 4. The van der Waals surface area contributed by atoms with Gasteiger partial charge in [0.05, 0.1) is 6.61 Å². The van der Waals surface area contributed by atoms with Crippen LogP contribution in [0.4, 0.5) is 0 Å². The summed E-state index contributed by atoms with van der Waals surface area (Å²) in [6.07, 6.45) is 1.50. The van der Waals surface area contributed by atoms with Gasteiger partial charge in [0, 0.05) is 19.5 Å². The van der Waals surface area contributed by atoms with Crippen molar-refractivity contribution in [2.24, 2.45) is 0 Å². The molecule has 0 unspecified atom stereocenters. The molecule has 172 valence electrons. The van der Waals surface area contributed by atoms with Crippen molar-refractivity contribution >= 4 is 11.9 Å². The third-order valence-corrected chi connectivity index (χ3v) is 5.11. The molecule has 0 atom stereocenters. The maximum atomic E-state index is 12.7. The first kappa shape index (κ1) is 23.9. The number of aromatic carboxylic acids is 1. The number of rotatable bonds is 12. The molecule has 0 aliphatic carbocycles. The standard InChI is InChI=1S/C27H29NO5/c1-2-17-28(19-22-8-4-3-5-9-22)26(29)20-33-23-14-12-21(13-15-23)16-18-32-25-11-7-6-10-24(25)27(30)31/h3-15H,2,16-20H2,1H3,(H,30,31). The number of carbonyl (C=O) groups is 2. The summed E-state index contributed by atoms with van der Waals surface area (Å²) in [4.78, 5) is 25.7. The van der Waals surface area contributed by atoms with E-state index in [2.05, 4.69) is 6.92 Å². The molecule has 0 aliphatic heterocycles. The summed E-state index contributed by atoms with van der Waals surface area (Å²) in [5.41, 5.74) is 2.27. The van der Waals surface area contributed by atoms with E-state index in [1.54, 1.807) is 18.2 Å². The van der Waals surface area contributed by atoms with Crippen molar-refractivity contribution in [3.63, 3.8) is 0 Å². The number of carboxylic acid groups (broad SMARTS) is 1. The molecule has 6 heteroatoms. The zero-order valence-electron chi connectivity index (χ0n) is 18.8. The zero-order valence-corrected chi connectivity index (χ0v) is 18.8. The number of carboxylic acids is 1. The molecule has 1 N–H and O–H groups in total. The second kappa shape index (κ2) is 12.3. The lowest BCUT2D eigenvalue weighted by molar-refractivity contribution is -0.134. The van der Waals surface area contributed by atoms with E-state index in [1.165, 1.54) is 6.07 Å². The molecule has 3 rings (SSSR count). The number of para-hydroxylation sites is 1. The second-order valence-corrected chi connectivity index (χ2v) is 7.63. The van der Waals surface area contributed by atoms with Crippen molar-refractivity contribution in [1.29, 1.82) is 0 Å². The molecule has 0 saturated heterocycles. The molecule has 0 aliphatic rings. The Morgan fingerprint density at radius 1 is 0.848 bits per heavy atom. The summed E-state index contributed by atoms with van der Waals surface area (Å²) >= 11 is 0. The van der Waals surface area contributed by atoms with Gasteiger partial charge in [0.25, 0.3) is 5.91 Å². The van der Waals surface area contributed by atoms with Gasteiger partial charge in [-0.05, 0) is 41.8 Å². The van der Waals surface area contributed by atoms with E-state index in [1.807, 2.05) is 59.5 Å². The Labute approximate surface area is 194 Å². The predicted octanol–water partition coefficient (Wildman–Crippen LogP) is 4.82. The monoisotopic (exact) mass is 447 g/mol. The maximum absolute atomic E-state index is 12.7. The van der Waals surface area contributed by atoms with Crippen molar-refractivity contribution in [3.05, 3.63) is 95.6 Å². The maximum Gasteiger partial charge on any atom is 0.339 e. The van der Waals surface area contributed by atoms with Crippen molar-refractivity contribution in [2.75, 3.05) is 19.8 Å². The molecule has 0 heterocycles. The first-order chi connectivity index (χ1) is 16.1. The largest absolute Gasteiger partial charge is 0.492 e. The van der Waals surface area contributed by atoms with Crippen LogP contribution in [0, 0.1) is 0 Å². The molecule has 33 heavy (non-hydrogen) atoms. The number of hydrogen-bond donors (Lipinski definition) is 1. The minimum absolute atomic E-state index is 0.0126. The van der Waals surface area contributed by atoms with E-state index in [0.29, 0.717) is 37.6 Å². The Balaban J connectivity index is 1.47. The number of ether oxygens (including phenoxy) is 2. The second-order valence-electron chi connectivity index (χ2n) is 7.63. The van der Waals surface area contributed by atoms with Crippen molar-refractivity contribution in [1.82, 2.24) is 4.90 Å². The molecule has 3 aromatic carbocycles. The SMILES string of the molecule is CCCN(Cc1ccccc1)C(=O)COc1ccc(CCOc2ccccc2C(=O)O)cc1. The van der Waals surface area contributed by atoms with Crippen LogP contribution in [0.25, 0.3) is 0 Å². The van der Waals surface area contributed by atoms with Crippen molar-refractivity contribution < 1.29 is 24.2 Å². The Bertz CT molecular complexity index is 1030. The highest BCUT2D eigenvalue weighted by atomic mass is 16.5. The van der Waals surface area contributed by atoms with Gasteiger partial charge >= 0.3 is 5.97 Å². The molecule has 0 spiro atoms. The fourth-order valence-electron chi connectivity index (χ4n) is 3.40. The normalized spacial score (nSPS) is 10.5. The Kier molecular flexibility index (Phi) is 8.88. The molecule has 3 aromatic rings. The van der Waals surface area contributed by atoms with Crippen LogP contribution in [-0.4, -0.2) is 41.6 Å². The molecule has 0 radical (unpaired) electrons. The molecule has 0 aromatic heterocycles. The summed E-state index contributed by atoms with van der Waals surface area (Å²) in [5.74, 6) is -0.0748. The van der Waals surface area contributed by atoms with Gasteiger partial charge in [0.15, 0.2) is 6.61 Å². The van der Waals surface area contributed by atoms with Gasteiger partial charge in [-0.1, -0.05) is 61.5 Å². The highest BCUT2D eigenvalue weighted by Crippen LogP contribution is 2.19. The van der Waals surface area contributed by atoms with Crippen molar-refractivity contribution in [2.45, 2.75) is 26.3 Å². The van der Waals surface area contributed by atoms with Crippen LogP contribution in [0.15, 0.2) is 78.9 Å². The van der Waals surface area contributed by atoms with Crippen LogP contribution < -0.4 is 9.47 Å². The summed E-state index contributed by atoms with van der Waals surface area (Å²) in [7, 11) is 0. The van der Waals surface area contributed by atoms with Crippen LogP contribution in [0.3, 0.4) is 0 Å². The lowest BCUT2D eigenvalue weighted by atomic mass is 10.1. The topological polar surface area (TPSA) is 76.1 Å². The molecule has 0 fully saturated rings. The van der Waals surface area contributed by atoms with E-state index in [0.717, 1.165) is 17.5 Å². The third kappa shape index (κ3) is 7.38. The molecule has 0 bridgehead atoms. The highest BCUT2D eigenvalue weighted by Gasteiger charge is 2.14. The molecule has 0 saturated carbocycles. The smallest absolute Gasteiger partial charge is 0.339 e. The molecular weight excluding hydrogens is 418 g/mol. The van der Waals surface area contributed by atoms with Crippen LogP contribution in [0.1, 0.15) is 34.8 Å². The van der Waals surface area contributed by atoms with E-state index < -0.39 is 5.97 Å². The van der Waals surface area contributed by atoms with Gasteiger partial charge in [0.1, 0.15) is 17.1 Å². The van der Waals surface area contributed by atoms with Crippen LogP contribution in [-0.2, 0) is 17.8 Å². The number of benzene rings is 3. The van der Waals surface area contributed by atoms with E-state index in [4.69, 9.17) is 9.47 Å². The quantitative estimate of drug-likeness (QED) is 0.431. The summed E-state index contributed by atoms with van der Waals surface area (Å²) in [5, 5.41) is 9.22. The molecule has 6 nitrogen and oxygen atoms in total. The minimum atomic E-state index is -1.01. The fraction of sp³-hybridized carbons (Fsp3) is 0.259. The highest BCUT2D eigenvalue weighted by molar-refractivity contribution is 5.90. The average molecular weight is 448 g/mol. The average Bonchev–Trinajstić information content (AvgIpc) is 2.84. The number of carbonyl (C=O) groups excluding carboxylic acids is 1. The first-order valence-electron chi connectivity index (χ1n) is 11.1. The van der Waals surface area contributed by atoms with Gasteiger partial charge in [-0.25, -0.2) is 4.79 Å². The Morgan fingerprint density at radius 2 is 1.55 bits per heavy atom. The zero-order chi connectivity index (χ0) is 23.5. The van der Waals surface area contributed by atoms with E-state index >= 15 is 0 Å². The molecular formula is C27H29NO5. The van der Waals surface area contributed by atoms with Gasteiger partial charge < -0.3 is 19.5 Å². The van der Waals surface area contributed by atoms with E-state index in [9.17, 15) is 14.7 Å². The van der Waals surface area contributed by atoms with Crippen LogP contribution in [0.2, 0.25) is 0 Å². The summed E-state index contributed by atoms with van der Waals surface area (Å²) < 4.78 is 11.4. The summed E-state index contributed by atoms with van der Waals surface area (Å²) in [6.45, 7) is 3.65. The number of amides is 1. The number of nitrogens with zero attached hydrogens (tertiary/aromatic N) is 1. The van der Waals surface area contributed by atoms with Gasteiger partial charge in [-0.2, -0.15) is 0 Å².